The van der Waals surface area contributed by atoms with Gasteiger partial charge in [0.2, 0.25) is 11.8 Å². The third-order valence-corrected chi connectivity index (χ3v) is 5.06. The fraction of sp³-hybridized carbons (Fsp3) is 0.259. The summed E-state index contributed by atoms with van der Waals surface area (Å²) in [5.74, 6) is 1.25. The Balaban J connectivity index is 1.73. The highest BCUT2D eigenvalue weighted by Gasteiger charge is 2.21. The monoisotopic (exact) mass is 430 g/mol. The van der Waals surface area contributed by atoms with Gasteiger partial charge in [0.1, 0.15) is 18.1 Å². The van der Waals surface area contributed by atoms with Gasteiger partial charge in [-0.05, 0) is 42.7 Å². The topological polar surface area (TPSA) is 53.8 Å². The van der Waals surface area contributed by atoms with E-state index in [4.69, 9.17) is 4.42 Å². The molecule has 0 atom stereocenters. The molecule has 0 aliphatic carbocycles. The number of carbonyl (C=O) groups is 2. The number of amides is 2. The van der Waals surface area contributed by atoms with Gasteiger partial charge in [0.05, 0.1) is 6.54 Å². The Hall–Kier alpha value is -3.60. The van der Waals surface area contributed by atoms with Gasteiger partial charge < -0.3 is 14.2 Å². The van der Waals surface area contributed by atoms with Gasteiger partial charge in [-0.25, -0.2) is 0 Å². The average molecular weight is 431 g/mol. The van der Waals surface area contributed by atoms with Crippen LogP contribution >= 0.6 is 0 Å². The summed E-state index contributed by atoms with van der Waals surface area (Å²) in [6.45, 7) is 5.23. The van der Waals surface area contributed by atoms with Gasteiger partial charge in [0.25, 0.3) is 0 Å². The lowest BCUT2D eigenvalue weighted by atomic mass is 10.2. The molecule has 0 radical (unpaired) electrons. The van der Waals surface area contributed by atoms with Crippen molar-refractivity contribution in [2.45, 2.75) is 33.4 Å². The smallest absolute Gasteiger partial charge is 0.247 e. The van der Waals surface area contributed by atoms with Crippen molar-refractivity contribution < 1.29 is 14.0 Å². The molecule has 3 aromatic rings. The van der Waals surface area contributed by atoms with Crippen LogP contribution in [-0.4, -0.2) is 34.7 Å². The molecule has 0 saturated heterocycles. The number of hydrogen-bond donors (Lipinski definition) is 0. The lowest BCUT2D eigenvalue weighted by Crippen LogP contribution is -2.42. The molecule has 2 aromatic carbocycles. The van der Waals surface area contributed by atoms with Gasteiger partial charge in [0.15, 0.2) is 0 Å². The molecule has 0 aliphatic heterocycles. The molecule has 5 nitrogen and oxygen atoms in total. The van der Waals surface area contributed by atoms with Crippen molar-refractivity contribution >= 4 is 17.9 Å². The average Bonchev–Trinajstić information content (AvgIpc) is 3.22. The van der Waals surface area contributed by atoms with Crippen LogP contribution in [0.1, 0.15) is 36.0 Å². The minimum atomic E-state index is -0.169. The maximum Gasteiger partial charge on any atom is 0.247 e. The molecular weight excluding hydrogens is 400 g/mol. The first-order valence-electron chi connectivity index (χ1n) is 10.9. The Morgan fingerprint density at radius 3 is 2.19 bits per heavy atom. The third kappa shape index (κ3) is 6.98. The van der Waals surface area contributed by atoms with E-state index in [1.54, 1.807) is 15.9 Å². The van der Waals surface area contributed by atoms with Crippen LogP contribution in [0.15, 0.2) is 83.3 Å². The van der Waals surface area contributed by atoms with Gasteiger partial charge in [0, 0.05) is 19.2 Å². The number of carbonyl (C=O) groups excluding carboxylic acids is 2. The molecule has 0 unspecified atom stereocenters. The predicted octanol–water partition coefficient (Wildman–Crippen LogP) is 5.07. The second-order valence-electron chi connectivity index (χ2n) is 7.75. The van der Waals surface area contributed by atoms with Crippen LogP contribution in [0.4, 0.5) is 0 Å². The molecule has 0 saturated carbocycles. The van der Waals surface area contributed by atoms with Crippen LogP contribution in [0.3, 0.4) is 0 Å². The summed E-state index contributed by atoms with van der Waals surface area (Å²) < 4.78 is 5.70. The molecule has 3 rings (SSSR count). The van der Waals surface area contributed by atoms with Crippen LogP contribution in [-0.2, 0) is 22.7 Å². The van der Waals surface area contributed by atoms with Crippen LogP contribution in [0.2, 0.25) is 0 Å². The van der Waals surface area contributed by atoms with E-state index in [-0.39, 0.29) is 18.4 Å². The number of benzene rings is 2. The predicted molar refractivity (Wildman–Crippen MR) is 126 cm³/mol. The third-order valence-electron chi connectivity index (χ3n) is 5.06. The second kappa shape index (κ2) is 11.7. The van der Waals surface area contributed by atoms with E-state index in [0.29, 0.717) is 19.6 Å². The molecule has 0 bridgehead atoms. The summed E-state index contributed by atoms with van der Waals surface area (Å²) in [4.78, 5) is 29.5. The van der Waals surface area contributed by atoms with E-state index in [9.17, 15) is 9.59 Å². The standard InChI is InChI=1S/C27H30N2O3/c1-3-18-28(26(30)17-15-23-10-6-4-7-11-23)21-27(31)29(19-24-12-8-5-9-13-24)20-25-16-14-22(2)32-25/h4-17H,3,18-21H2,1-2H3. The summed E-state index contributed by atoms with van der Waals surface area (Å²) >= 11 is 0. The van der Waals surface area contributed by atoms with Crippen molar-refractivity contribution in [3.05, 3.63) is 102 Å². The largest absolute Gasteiger partial charge is 0.464 e. The van der Waals surface area contributed by atoms with E-state index < -0.39 is 0 Å². The van der Waals surface area contributed by atoms with Crippen molar-refractivity contribution in [3.8, 4) is 0 Å². The van der Waals surface area contributed by atoms with E-state index in [0.717, 1.165) is 29.1 Å². The van der Waals surface area contributed by atoms with Crippen molar-refractivity contribution in [2.24, 2.45) is 0 Å². The zero-order chi connectivity index (χ0) is 22.8. The van der Waals surface area contributed by atoms with Crippen LogP contribution < -0.4 is 0 Å². The molecule has 1 aromatic heterocycles. The molecule has 0 spiro atoms. The zero-order valence-corrected chi connectivity index (χ0v) is 18.7. The van der Waals surface area contributed by atoms with Crippen molar-refractivity contribution in [1.82, 2.24) is 9.80 Å². The SMILES string of the molecule is CCCN(CC(=O)N(Cc1ccccc1)Cc1ccc(C)o1)C(=O)C=Cc1ccccc1. The number of rotatable bonds is 10. The molecule has 5 heteroatoms. The van der Waals surface area contributed by atoms with E-state index in [1.165, 1.54) is 6.08 Å². The highest BCUT2D eigenvalue weighted by atomic mass is 16.3. The van der Waals surface area contributed by atoms with Crippen molar-refractivity contribution in [1.29, 1.82) is 0 Å². The first-order valence-corrected chi connectivity index (χ1v) is 10.9. The van der Waals surface area contributed by atoms with Gasteiger partial charge in [-0.1, -0.05) is 67.6 Å². The summed E-state index contributed by atoms with van der Waals surface area (Å²) in [5, 5.41) is 0. The summed E-state index contributed by atoms with van der Waals surface area (Å²) in [6, 6.07) is 23.3. The quantitative estimate of drug-likeness (QED) is 0.422. The van der Waals surface area contributed by atoms with Crippen molar-refractivity contribution in [3.63, 3.8) is 0 Å². The normalized spacial score (nSPS) is 10.9. The number of hydrogen-bond acceptors (Lipinski definition) is 3. The Morgan fingerprint density at radius 2 is 1.56 bits per heavy atom. The summed E-state index contributed by atoms with van der Waals surface area (Å²) in [5.41, 5.74) is 1.98. The minimum Gasteiger partial charge on any atom is -0.464 e. The van der Waals surface area contributed by atoms with Gasteiger partial charge in [-0.3, -0.25) is 9.59 Å². The Morgan fingerprint density at radius 1 is 0.875 bits per heavy atom. The number of aryl methyl sites for hydroxylation is 1. The highest BCUT2D eigenvalue weighted by Crippen LogP contribution is 2.14. The van der Waals surface area contributed by atoms with Gasteiger partial charge in [-0.2, -0.15) is 0 Å². The first kappa shape index (κ1) is 23.1. The highest BCUT2D eigenvalue weighted by molar-refractivity contribution is 5.94. The number of nitrogens with zero attached hydrogens (tertiary/aromatic N) is 2. The van der Waals surface area contributed by atoms with Crippen LogP contribution in [0, 0.1) is 6.92 Å². The maximum atomic E-state index is 13.3. The molecule has 0 N–H and O–H groups in total. The Labute approximate surface area is 190 Å². The first-order chi connectivity index (χ1) is 15.5. The van der Waals surface area contributed by atoms with Gasteiger partial charge >= 0.3 is 0 Å². The van der Waals surface area contributed by atoms with E-state index in [1.807, 2.05) is 86.6 Å². The van der Waals surface area contributed by atoms with Crippen LogP contribution in [0.25, 0.3) is 6.08 Å². The molecule has 0 aliphatic rings. The van der Waals surface area contributed by atoms with E-state index in [2.05, 4.69) is 0 Å². The lowest BCUT2D eigenvalue weighted by molar-refractivity contribution is -0.139. The molecule has 0 fully saturated rings. The molecule has 1 heterocycles. The molecular formula is C27H30N2O3. The van der Waals surface area contributed by atoms with Crippen LogP contribution in [0.5, 0.6) is 0 Å². The molecule has 166 valence electrons. The molecule has 32 heavy (non-hydrogen) atoms. The zero-order valence-electron chi connectivity index (χ0n) is 18.7. The van der Waals surface area contributed by atoms with E-state index >= 15 is 0 Å². The Kier molecular flexibility index (Phi) is 8.44. The number of furan rings is 1. The Bertz CT molecular complexity index is 1030. The fourth-order valence-electron chi connectivity index (χ4n) is 3.43. The summed E-state index contributed by atoms with van der Waals surface area (Å²) in [7, 11) is 0. The lowest BCUT2D eigenvalue weighted by Gasteiger charge is -2.26. The minimum absolute atomic E-state index is 0.0261. The summed E-state index contributed by atoms with van der Waals surface area (Å²) in [6.07, 6.45) is 4.09. The maximum absolute atomic E-state index is 13.3. The van der Waals surface area contributed by atoms with Gasteiger partial charge in [-0.15, -0.1) is 0 Å². The van der Waals surface area contributed by atoms with Crippen molar-refractivity contribution in [2.75, 3.05) is 13.1 Å². The fourth-order valence-corrected chi connectivity index (χ4v) is 3.43. The second-order valence-corrected chi connectivity index (χ2v) is 7.75. The molecule has 2 amide bonds.